The molecule has 0 aromatic heterocycles. The van der Waals surface area contributed by atoms with Gasteiger partial charge in [0.2, 0.25) is 0 Å². The first-order valence-corrected chi connectivity index (χ1v) is 11.0. The molecule has 3 N–H and O–H groups in total. The van der Waals surface area contributed by atoms with Gasteiger partial charge in [-0.1, -0.05) is 23.7 Å². The van der Waals surface area contributed by atoms with Crippen LogP contribution in [0.1, 0.15) is 41.2 Å². The van der Waals surface area contributed by atoms with Crippen molar-refractivity contribution in [2.75, 3.05) is 27.3 Å². The van der Waals surface area contributed by atoms with Crippen LogP contribution >= 0.6 is 11.6 Å². The molecular weight excluding hydrogens is 416 g/mol. The van der Waals surface area contributed by atoms with Gasteiger partial charge < -0.3 is 14.8 Å². The Kier molecular flexibility index (Phi) is 6.97. The SMILES string of the molecule is COc1ccc(C(=O)NC2CCN(C3CC(c4ccc(Cl)cc4)NN3)CC2)c(OC)c1. The van der Waals surface area contributed by atoms with Crippen molar-refractivity contribution in [1.82, 2.24) is 21.1 Å². The fourth-order valence-electron chi connectivity index (χ4n) is 4.30. The minimum absolute atomic E-state index is 0.110. The Morgan fingerprint density at radius 1 is 1.06 bits per heavy atom. The van der Waals surface area contributed by atoms with Crippen LogP contribution in [0.3, 0.4) is 0 Å². The third-order valence-electron chi connectivity index (χ3n) is 6.11. The number of nitrogens with one attached hydrogen (secondary N) is 3. The molecule has 0 bridgehead atoms. The number of hydrazine groups is 1. The van der Waals surface area contributed by atoms with Gasteiger partial charge in [-0.25, -0.2) is 10.9 Å². The highest BCUT2D eigenvalue weighted by Gasteiger charge is 2.32. The largest absolute Gasteiger partial charge is 0.497 e. The Hall–Kier alpha value is -2.32. The number of hydrogen-bond acceptors (Lipinski definition) is 6. The first-order chi connectivity index (χ1) is 15.1. The summed E-state index contributed by atoms with van der Waals surface area (Å²) >= 11 is 6.00. The van der Waals surface area contributed by atoms with E-state index >= 15 is 0 Å². The zero-order valence-electron chi connectivity index (χ0n) is 17.9. The predicted molar refractivity (Wildman–Crippen MR) is 120 cm³/mol. The number of hydrogen-bond donors (Lipinski definition) is 3. The second-order valence-corrected chi connectivity index (χ2v) is 8.43. The van der Waals surface area contributed by atoms with Gasteiger partial charge in [0.25, 0.3) is 5.91 Å². The van der Waals surface area contributed by atoms with E-state index in [1.807, 2.05) is 12.1 Å². The van der Waals surface area contributed by atoms with Gasteiger partial charge in [-0.2, -0.15) is 0 Å². The van der Waals surface area contributed by atoms with Crippen LogP contribution in [-0.4, -0.2) is 50.3 Å². The topological polar surface area (TPSA) is 74.9 Å². The van der Waals surface area contributed by atoms with E-state index in [2.05, 4.69) is 33.2 Å². The highest BCUT2D eigenvalue weighted by atomic mass is 35.5. The molecule has 2 unspecified atom stereocenters. The summed E-state index contributed by atoms with van der Waals surface area (Å²) in [6.07, 6.45) is 3.09. The van der Waals surface area contributed by atoms with Crippen LogP contribution in [0.4, 0.5) is 0 Å². The smallest absolute Gasteiger partial charge is 0.255 e. The summed E-state index contributed by atoms with van der Waals surface area (Å²) in [6.45, 7) is 1.86. The molecule has 2 aliphatic heterocycles. The number of methoxy groups -OCH3 is 2. The molecule has 7 nitrogen and oxygen atoms in total. The molecule has 2 atom stereocenters. The van der Waals surface area contributed by atoms with E-state index in [9.17, 15) is 4.79 Å². The Balaban J connectivity index is 1.28. The normalized spacial score (nSPS) is 22.3. The monoisotopic (exact) mass is 444 g/mol. The number of carbonyl (C=O) groups is 1. The molecule has 31 heavy (non-hydrogen) atoms. The maximum absolute atomic E-state index is 12.8. The lowest BCUT2D eigenvalue weighted by Gasteiger charge is -2.36. The van der Waals surface area contributed by atoms with Crippen LogP contribution in [0.25, 0.3) is 0 Å². The Bertz CT molecular complexity index is 900. The predicted octanol–water partition coefficient (Wildman–Crippen LogP) is 3.12. The van der Waals surface area contributed by atoms with Crippen LogP contribution in [0.15, 0.2) is 42.5 Å². The van der Waals surface area contributed by atoms with E-state index < -0.39 is 0 Å². The summed E-state index contributed by atoms with van der Waals surface area (Å²) in [5.41, 5.74) is 8.58. The van der Waals surface area contributed by atoms with E-state index in [1.54, 1.807) is 32.4 Å². The standard InChI is InChI=1S/C23H29ClN4O3/c1-30-18-7-8-19(21(13-18)31-2)23(29)25-17-9-11-28(12-10-17)22-14-20(26-27-22)15-3-5-16(24)6-4-15/h3-8,13,17,20,22,26-27H,9-12,14H2,1-2H3,(H,25,29). The number of benzene rings is 2. The average Bonchev–Trinajstić information content (AvgIpc) is 3.29. The van der Waals surface area contributed by atoms with E-state index in [-0.39, 0.29) is 24.2 Å². The number of rotatable bonds is 6. The minimum Gasteiger partial charge on any atom is -0.497 e. The van der Waals surface area contributed by atoms with Crippen molar-refractivity contribution in [3.05, 3.63) is 58.6 Å². The molecule has 2 saturated heterocycles. The van der Waals surface area contributed by atoms with Crippen molar-refractivity contribution in [2.45, 2.75) is 37.5 Å². The molecule has 4 rings (SSSR count). The van der Waals surface area contributed by atoms with E-state index in [4.69, 9.17) is 21.1 Å². The number of halogens is 1. The molecule has 0 saturated carbocycles. The summed E-state index contributed by atoms with van der Waals surface area (Å²) < 4.78 is 10.6. The van der Waals surface area contributed by atoms with E-state index in [1.165, 1.54) is 5.56 Å². The Morgan fingerprint density at radius 2 is 1.81 bits per heavy atom. The molecule has 0 spiro atoms. The van der Waals surface area contributed by atoms with Crippen molar-refractivity contribution < 1.29 is 14.3 Å². The summed E-state index contributed by atoms with van der Waals surface area (Å²) in [5.74, 6) is 1.07. The van der Waals surface area contributed by atoms with Crippen LogP contribution in [0.5, 0.6) is 11.5 Å². The summed E-state index contributed by atoms with van der Waals surface area (Å²) in [5, 5.41) is 3.92. The summed E-state index contributed by atoms with van der Waals surface area (Å²) in [7, 11) is 3.15. The van der Waals surface area contributed by atoms with Crippen LogP contribution in [0.2, 0.25) is 5.02 Å². The van der Waals surface area contributed by atoms with Crippen molar-refractivity contribution >= 4 is 17.5 Å². The summed E-state index contributed by atoms with van der Waals surface area (Å²) in [6, 6.07) is 13.7. The maximum atomic E-state index is 12.8. The lowest BCUT2D eigenvalue weighted by Crippen LogP contribution is -2.51. The van der Waals surface area contributed by atoms with E-state index in [0.717, 1.165) is 37.4 Å². The maximum Gasteiger partial charge on any atom is 0.255 e. The lowest BCUT2D eigenvalue weighted by atomic mass is 10.0. The number of piperidine rings is 1. The average molecular weight is 445 g/mol. The molecule has 8 heteroatoms. The molecule has 2 heterocycles. The van der Waals surface area contributed by atoms with Gasteiger partial charge in [-0.15, -0.1) is 0 Å². The zero-order chi connectivity index (χ0) is 21.8. The lowest BCUT2D eigenvalue weighted by molar-refractivity contribution is 0.0877. The minimum atomic E-state index is -0.110. The van der Waals surface area contributed by atoms with Crippen LogP contribution < -0.4 is 25.6 Å². The highest BCUT2D eigenvalue weighted by molar-refractivity contribution is 6.30. The quantitative estimate of drug-likeness (QED) is 0.635. The molecule has 2 aliphatic rings. The number of nitrogens with zero attached hydrogens (tertiary/aromatic N) is 1. The molecule has 2 fully saturated rings. The van der Waals surface area contributed by atoms with Crippen molar-refractivity contribution in [1.29, 1.82) is 0 Å². The molecule has 0 aliphatic carbocycles. The number of likely N-dealkylation sites (tertiary alicyclic amines) is 1. The molecular formula is C23H29ClN4O3. The molecule has 2 aromatic carbocycles. The first kappa shape index (κ1) is 21.9. The van der Waals surface area contributed by atoms with Gasteiger partial charge in [-0.3, -0.25) is 9.69 Å². The van der Waals surface area contributed by atoms with Gasteiger partial charge >= 0.3 is 0 Å². The molecule has 1 amide bonds. The van der Waals surface area contributed by atoms with Gasteiger partial charge in [0.05, 0.1) is 25.9 Å². The third kappa shape index (κ3) is 5.13. The van der Waals surface area contributed by atoms with Gasteiger partial charge in [-0.05, 0) is 49.1 Å². The molecule has 166 valence electrons. The Labute approximate surface area is 188 Å². The van der Waals surface area contributed by atoms with Crippen molar-refractivity contribution in [3.8, 4) is 11.5 Å². The Morgan fingerprint density at radius 3 is 2.48 bits per heavy atom. The van der Waals surface area contributed by atoms with Crippen LogP contribution in [0, 0.1) is 0 Å². The number of ether oxygens (including phenoxy) is 2. The zero-order valence-corrected chi connectivity index (χ0v) is 18.6. The van der Waals surface area contributed by atoms with Crippen LogP contribution in [-0.2, 0) is 0 Å². The second-order valence-electron chi connectivity index (χ2n) is 7.99. The van der Waals surface area contributed by atoms with Gasteiger partial charge in [0.1, 0.15) is 11.5 Å². The van der Waals surface area contributed by atoms with Gasteiger partial charge in [0, 0.05) is 36.3 Å². The van der Waals surface area contributed by atoms with Crippen molar-refractivity contribution in [2.24, 2.45) is 0 Å². The fourth-order valence-corrected chi connectivity index (χ4v) is 4.42. The first-order valence-electron chi connectivity index (χ1n) is 10.6. The van der Waals surface area contributed by atoms with Crippen molar-refractivity contribution in [3.63, 3.8) is 0 Å². The number of carbonyl (C=O) groups excluding carboxylic acids is 1. The third-order valence-corrected chi connectivity index (χ3v) is 6.37. The number of amides is 1. The molecule has 2 aromatic rings. The summed E-state index contributed by atoms with van der Waals surface area (Å²) in [4.78, 5) is 15.2. The fraction of sp³-hybridized carbons (Fsp3) is 0.435. The highest BCUT2D eigenvalue weighted by Crippen LogP contribution is 2.27. The molecule has 0 radical (unpaired) electrons. The van der Waals surface area contributed by atoms with E-state index in [0.29, 0.717) is 17.1 Å². The second kappa shape index (κ2) is 9.87. The van der Waals surface area contributed by atoms with Gasteiger partial charge in [0.15, 0.2) is 0 Å².